The summed E-state index contributed by atoms with van der Waals surface area (Å²) < 4.78 is 11.8. The van der Waals surface area contributed by atoms with Crippen molar-refractivity contribution in [1.82, 2.24) is 20.6 Å². The maximum atomic E-state index is 11.5. The van der Waals surface area contributed by atoms with Crippen molar-refractivity contribution in [2.45, 2.75) is 38.1 Å². The summed E-state index contributed by atoms with van der Waals surface area (Å²) >= 11 is 0. The van der Waals surface area contributed by atoms with Crippen molar-refractivity contribution in [2.75, 3.05) is 4.90 Å². The average molecular weight is 417 g/mol. The molecule has 5 rings (SSSR count). The smallest absolute Gasteiger partial charge is 0.204 e. The number of aromatic amines is 1. The Morgan fingerprint density at radius 1 is 1.10 bits per heavy atom. The van der Waals surface area contributed by atoms with Crippen molar-refractivity contribution in [1.29, 1.82) is 0 Å². The van der Waals surface area contributed by atoms with Gasteiger partial charge in [0.1, 0.15) is 23.2 Å². The lowest BCUT2D eigenvalue weighted by molar-refractivity contribution is -0.0591. The Bertz CT molecular complexity index is 1140. The van der Waals surface area contributed by atoms with E-state index >= 15 is 0 Å². The number of ether oxygens (including phenoxy) is 1. The minimum atomic E-state index is -0.810. The Kier molecular flexibility index (Phi) is 4.71. The molecule has 2 N–H and O–H groups in total. The largest absolute Gasteiger partial charge is 0.485 e. The zero-order valence-electron chi connectivity index (χ0n) is 17.3. The van der Waals surface area contributed by atoms with Gasteiger partial charge in [-0.3, -0.25) is 0 Å². The zero-order valence-corrected chi connectivity index (χ0v) is 17.3. The van der Waals surface area contributed by atoms with Gasteiger partial charge in [0.15, 0.2) is 0 Å². The minimum Gasteiger partial charge on any atom is -0.485 e. The van der Waals surface area contributed by atoms with Gasteiger partial charge in [-0.15, -0.1) is 10.2 Å². The third kappa shape index (κ3) is 3.55. The molecule has 2 atom stereocenters. The Morgan fingerprint density at radius 2 is 1.94 bits per heavy atom. The lowest BCUT2D eigenvalue weighted by Gasteiger charge is -2.47. The molecule has 0 aliphatic carbocycles. The number of aromatic nitrogens is 4. The molecule has 158 valence electrons. The van der Waals surface area contributed by atoms with Crippen LogP contribution in [0.4, 0.5) is 5.69 Å². The predicted molar refractivity (Wildman–Crippen MR) is 114 cm³/mol. The number of benzene rings is 2. The number of hydrogen-bond donors (Lipinski definition) is 2. The van der Waals surface area contributed by atoms with Gasteiger partial charge in [0.25, 0.3) is 0 Å². The van der Waals surface area contributed by atoms with Crippen LogP contribution in [0.2, 0.25) is 0 Å². The molecular weight excluding hydrogens is 394 g/mol. The number of fused-ring (bicyclic) bond motifs is 1. The van der Waals surface area contributed by atoms with Gasteiger partial charge in [-0.2, -0.15) is 5.21 Å². The van der Waals surface area contributed by atoms with E-state index in [1.165, 1.54) is 0 Å². The Labute approximate surface area is 179 Å². The van der Waals surface area contributed by atoms with Gasteiger partial charge in [0.2, 0.25) is 5.82 Å². The fourth-order valence-electron chi connectivity index (χ4n) is 4.07. The number of furan rings is 1. The number of H-pyrrole nitrogens is 1. The standard InChI is InChI=1S/C23H23N5O3/c1-23(2)21(29)20(18-13-15(10-11-19(18)31-23)22-24-26-27-25-22)28(14-17-9-6-12-30-17)16-7-4-3-5-8-16/h3-13,20-21,29H,14H2,1-2H3,(H,24,25,26,27)/t20?,21-/m1/s1. The van der Waals surface area contributed by atoms with E-state index in [0.717, 1.165) is 22.6 Å². The fraction of sp³-hybridized carbons (Fsp3) is 0.261. The van der Waals surface area contributed by atoms with Crippen molar-refractivity contribution in [2.24, 2.45) is 0 Å². The molecule has 8 nitrogen and oxygen atoms in total. The van der Waals surface area contributed by atoms with Crippen LogP contribution in [-0.2, 0) is 6.54 Å². The topological polar surface area (TPSA) is 100 Å². The third-order valence-corrected chi connectivity index (χ3v) is 5.65. The number of anilines is 1. The monoisotopic (exact) mass is 417 g/mol. The molecule has 0 saturated heterocycles. The Balaban J connectivity index is 1.66. The first kappa shape index (κ1) is 19.3. The van der Waals surface area contributed by atoms with Gasteiger partial charge in [0.05, 0.1) is 18.8 Å². The summed E-state index contributed by atoms with van der Waals surface area (Å²) in [5.74, 6) is 2.00. The van der Waals surface area contributed by atoms with E-state index in [-0.39, 0.29) is 0 Å². The van der Waals surface area contributed by atoms with Gasteiger partial charge in [-0.1, -0.05) is 18.2 Å². The SMILES string of the molecule is CC1(C)Oc2ccc(-c3nn[nH]n3)cc2C(N(Cc2ccco2)c2ccccc2)[C@H]1O. The summed E-state index contributed by atoms with van der Waals surface area (Å²) in [7, 11) is 0. The van der Waals surface area contributed by atoms with E-state index in [9.17, 15) is 5.11 Å². The first-order valence-corrected chi connectivity index (χ1v) is 10.1. The second kappa shape index (κ2) is 7.55. The first-order chi connectivity index (χ1) is 15.0. The van der Waals surface area contributed by atoms with E-state index in [1.54, 1.807) is 6.26 Å². The Morgan fingerprint density at radius 3 is 2.65 bits per heavy atom. The molecule has 0 spiro atoms. The van der Waals surface area contributed by atoms with E-state index in [1.807, 2.05) is 74.5 Å². The Hall–Kier alpha value is -3.65. The predicted octanol–water partition coefficient (Wildman–Crippen LogP) is 3.74. The second-order valence-electron chi connectivity index (χ2n) is 8.13. The number of para-hydroxylation sites is 1. The number of rotatable bonds is 5. The van der Waals surface area contributed by atoms with Crippen LogP contribution in [0.5, 0.6) is 5.75 Å². The van der Waals surface area contributed by atoms with E-state index in [2.05, 4.69) is 25.5 Å². The summed E-state index contributed by atoms with van der Waals surface area (Å²) in [5.41, 5.74) is 1.82. The molecule has 8 heteroatoms. The van der Waals surface area contributed by atoms with Crippen LogP contribution < -0.4 is 9.64 Å². The molecule has 0 amide bonds. The van der Waals surface area contributed by atoms with Gasteiger partial charge < -0.3 is 19.2 Å². The third-order valence-electron chi connectivity index (χ3n) is 5.65. The quantitative estimate of drug-likeness (QED) is 0.510. The summed E-state index contributed by atoms with van der Waals surface area (Å²) in [5, 5.41) is 25.8. The first-order valence-electron chi connectivity index (χ1n) is 10.1. The highest BCUT2D eigenvalue weighted by Crippen LogP contribution is 2.45. The summed E-state index contributed by atoms with van der Waals surface area (Å²) in [6.45, 7) is 4.29. The zero-order chi connectivity index (χ0) is 21.4. The van der Waals surface area contributed by atoms with Crippen LogP contribution >= 0.6 is 0 Å². The van der Waals surface area contributed by atoms with Gasteiger partial charge >= 0.3 is 0 Å². The van der Waals surface area contributed by atoms with Crippen molar-refractivity contribution in [3.63, 3.8) is 0 Å². The average Bonchev–Trinajstić information content (AvgIpc) is 3.48. The maximum Gasteiger partial charge on any atom is 0.204 e. The number of aliphatic hydroxyl groups is 1. The fourth-order valence-corrected chi connectivity index (χ4v) is 4.07. The molecular formula is C23H23N5O3. The summed E-state index contributed by atoms with van der Waals surface area (Å²) in [6.07, 6.45) is 0.848. The molecule has 3 heterocycles. The number of nitrogens with zero attached hydrogens (tertiary/aromatic N) is 4. The van der Waals surface area contributed by atoms with E-state index < -0.39 is 17.7 Å². The molecule has 1 aliphatic heterocycles. The summed E-state index contributed by atoms with van der Waals surface area (Å²) in [4.78, 5) is 2.15. The van der Waals surface area contributed by atoms with Gasteiger partial charge in [0, 0.05) is 16.8 Å². The summed E-state index contributed by atoms with van der Waals surface area (Å²) in [6, 6.07) is 19.2. The number of aliphatic hydroxyl groups excluding tert-OH is 1. The van der Waals surface area contributed by atoms with Gasteiger partial charge in [-0.05, 0) is 61.5 Å². The molecule has 0 fully saturated rings. The molecule has 2 aromatic heterocycles. The lowest BCUT2D eigenvalue weighted by atomic mass is 9.84. The molecule has 4 aromatic rings. The van der Waals surface area contributed by atoms with E-state index in [0.29, 0.717) is 18.1 Å². The number of nitrogens with one attached hydrogen (secondary N) is 1. The van der Waals surface area contributed by atoms with Crippen LogP contribution in [-0.4, -0.2) is 37.4 Å². The van der Waals surface area contributed by atoms with Crippen LogP contribution in [0, 0.1) is 0 Å². The highest BCUT2D eigenvalue weighted by molar-refractivity contribution is 5.61. The number of hydrogen-bond acceptors (Lipinski definition) is 7. The molecule has 0 radical (unpaired) electrons. The maximum absolute atomic E-state index is 11.5. The normalized spacial score (nSPS) is 19.5. The highest BCUT2D eigenvalue weighted by atomic mass is 16.5. The van der Waals surface area contributed by atoms with E-state index in [4.69, 9.17) is 9.15 Å². The van der Waals surface area contributed by atoms with Crippen molar-refractivity contribution in [3.05, 3.63) is 78.3 Å². The van der Waals surface area contributed by atoms with Crippen LogP contribution in [0.25, 0.3) is 11.4 Å². The molecule has 0 saturated carbocycles. The van der Waals surface area contributed by atoms with Crippen molar-refractivity contribution < 1.29 is 14.3 Å². The molecule has 2 aromatic carbocycles. The minimum absolute atomic E-state index is 0.391. The van der Waals surface area contributed by atoms with Crippen molar-refractivity contribution in [3.8, 4) is 17.1 Å². The second-order valence-corrected chi connectivity index (χ2v) is 8.13. The van der Waals surface area contributed by atoms with Gasteiger partial charge in [-0.25, -0.2) is 0 Å². The van der Waals surface area contributed by atoms with Crippen LogP contribution in [0.1, 0.15) is 31.2 Å². The highest BCUT2D eigenvalue weighted by Gasteiger charge is 2.46. The van der Waals surface area contributed by atoms with Crippen molar-refractivity contribution >= 4 is 5.69 Å². The molecule has 0 bridgehead atoms. The molecule has 31 heavy (non-hydrogen) atoms. The molecule has 1 unspecified atom stereocenters. The molecule has 1 aliphatic rings. The number of tetrazole rings is 1. The lowest BCUT2D eigenvalue weighted by Crippen LogP contribution is -2.53. The van der Waals surface area contributed by atoms with Crippen LogP contribution in [0.15, 0.2) is 71.3 Å². The van der Waals surface area contributed by atoms with Crippen LogP contribution in [0.3, 0.4) is 0 Å².